The fourth-order valence-corrected chi connectivity index (χ4v) is 1.56. The van der Waals surface area contributed by atoms with E-state index in [1.165, 1.54) is 18.4 Å². The van der Waals surface area contributed by atoms with E-state index in [-0.39, 0.29) is 0 Å². The van der Waals surface area contributed by atoms with Crippen LogP contribution in [0.3, 0.4) is 0 Å². The number of nitrogens with zero attached hydrogens (tertiary/aromatic N) is 3. The van der Waals surface area contributed by atoms with Crippen LogP contribution in [0.1, 0.15) is 24.3 Å². The monoisotopic (exact) mass is 184 g/mol. The van der Waals surface area contributed by atoms with E-state index >= 15 is 0 Å². The van der Waals surface area contributed by atoms with Gasteiger partial charge in [0, 0.05) is 6.07 Å². The van der Waals surface area contributed by atoms with Crippen LogP contribution in [0.5, 0.6) is 0 Å². The smallest absolute Gasteiger partial charge is 0.0935 e. The molecule has 1 saturated carbocycles. The summed E-state index contributed by atoms with van der Waals surface area (Å²) in [7, 11) is 0. The van der Waals surface area contributed by atoms with Crippen LogP contribution < -0.4 is 0 Å². The Hall–Kier alpha value is -1.64. The van der Waals surface area contributed by atoms with Crippen molar-refractivity contribution in [3.8, 4) is 5.69 Å². The molecule has 3 heteroatoms. The van der Waals surface area contributed by atoms with Crippen LogP contribution in [0.15, 0.2) is 30.6 Å². The highest BCUT2D eigenvalue weighted by atomic mass is 15.5. The molecule has 1 radical (unpaired) electrons. The van der Waals surface area contributed by atoms with Crippen molar-refractivity contribution in [3.63, 3.8) is 0 Å². The van der Waals surface area contributed by atoms with E-state index < -0.39 is 0 Å². The predicted octanol–water partition coefficient (Wildman–Crippen LogP) is 1.94. The van der Waals surface area contributed by atoms with E-state index in [2.05, 4.69) is 28.4 Å². The van der Waals surface area contributed by atoms with Crippen molar-refractivity contribution < 1.29 is 0 Å². The Labute approximate surface area is 82.4 Å². The first-order valence-electron chi connectivity index (χ1n) is 4.82. The molecule has 0 N–H and O–H groups in total. The van der Waals surface area contributed by atoms with E-state index in [0.717, 1.165) is 11.6 Å². The summed E-state index contributed by atoms with van der Waals surface area (Å²) in [6, 6.07) is 9.42. The first kappa shape index (κ1) is 7.74. The van der Waals surface area contributed by atoms with Crippen molar-refractivity contribution in [3.05, 3.63) is 42.2 Å². The SMILES string of the molecule is [c]1cc(C2CC2)ccc1-n1nccn1. The van der Waals surface area contributed by atoms with Crippen LogP contribution in [-0.2, 0) is 0 Å². The van der Waals surface area contributed by atoms with Gasteiger partial charge in [-0.05, 0) is 36.5 Å². The summed E-state index contributed by atoms with van der Waals surface area (Å²) in [6.07, 6.45) is 5.99. The molecular weight excluding hydrogens is 174 g/mol. The summed E-state index contributed by atoms with van der Waals surface area (Å²) in [5, 5.41) is 8.10. The Kier molecular flexibility index (Phi) is 1.63. The fraction of sp³-hybridized carbons (Fsp3) is 0.273. The van der Waals surface area contributed by atoms with Crippen LogP contribution in [0.2, 0.25) is 0 Å². The Bertz CT molecular complexity index is 412. The van der Waals surface area contributed by atoms with Crippen LogP contribution >= 0.6 is 0 Å². The second kappa shape index (κ2) is 2.94. The maximum atomic E-state index is 4.05. The van der Waals surface area contributed by atoms with Crippen molar-refractivity contribution in [2.24, 2.45) is 0 Å². The maximum absolute atomic E-state index is 4.05. The lowest BCUT2D eigenvalue weighted by Gasteiger charge is -2.00. The first-order valence-corrected chi connectivity index (χ1v) is 4.82. The minimum atomic E-state index is 0.783. The van der Waals surface area contributed by atoms with E-state index in [0.29, 0.717) is 0 Å². The molecule has 1 aliphatic carbocycles. The average molecular weight is 184 g/mol. The van der Waals surface area contributed by atoms with Crippen LogP contribution in [0.4, 0.5) is 0 Å². The van der Waals surface area contributed by atoms with Crippen LogP contribution in [0, 0.1) is 6.07 Å². The van der Waals surface area contributed by atoms with Crippen LogP contribution in [0.25, 0.3) is 5.69 Å². The van der Waals surface area contributed by atoms with Gasteiger partial charge in [0.05, 0.1) is 18.1 Å². The summed E-state index contributed by atoms with van der Waals surface area (Å²) in [5.74, 6) is 0.783. The normalized spacial score (nSPS) is 15.7. The Balaban J connectivity index is 1.93. The van der Waals surface area contributed by atoms with Gasteiger partial charge in [0.15, 0.2) is 0 Å². The van der Waals surface area contributed by atoms with Crippen molar-refractivity contribution in [2.45, 2.75) is 18.8 Å². The van der Waals surface area contributed by atoms with Gasteiger partial charge >= 0.3 is 0 Å². The first-order chi connectivity index (χ1) is 6.93. The molecule has 14 heavy (non-hydrogen) atoms. The topological polar surface area (TPSA) is 30.7 Å². The Morgan fingerprint density at radius 3 is 2.57 bits per heavy atom. The van der Waals surface area contributed by atoms with Gasteiger partial charge in [-0.15, -0.1) is 0 Å². The summed E-state index contributed by atoms with van der Waals surface area (Å²) < 4.78 is 0. The average Bonchev–Trinajstić information content (AvgIpc) is 2.94. The fourth-order valence-electron chi connectivity index (χ4n) is 1.56. The van der Waals surface area contributed by atoms with Gasteiger partial charge < -0.3 is 0 Å². The van der Waals surface area contributed by atoms with Gasteiger partial charge in [-0.1, -0.05) is 6.07 Å². The second-order valence-corrected chi connectivity index (χ2v) is 3.60. The summed E-state index contributed by atoms with van der Waals surface area (Å²) in [6.45, 7) is 0. The number of hydrogen-bond donors (Lipinski definition) is 0. The third-order valence-corrected chi connectivity index (χ3v) is 2.50. The lowest BCUT2D eigenvalue weighted by molar-refractivity contribution is 0.750. The predicted molar refractivity (Wildman–Crippen MR) is 52.2 cm³/mol. The van der Waals surface area contributed by atoms with Crippen molar-refractivity contribution >= 4 is 0 Å². The molecule has 0 saturated heterocycles. The number of aromatic nitrogens is 3. The zero-order valence-corrected chi connectivity index (χ0v) is 7.72. The standard InChI is InChI=1S/C11H10N3/c1-2-9(1)10-3-5-11(6-4-10)14-12-7-8-13-14/h3-5,7-9H,1-2H2. The Morgan fingerprint density at radius 2 is 2.00 bits per heavy atom. The molecule has 1 aliphatic rings. The van der Waals surface area contributed by atoms with Gasteiger partial charge in [0.1, 0.15) is 0 Å². The molecule has 0 spiro atoms. The largest absolute Gasteiger partial charge is 0.157 e. The van der Waals surface area contributed by atoms with Gasteiger partial charge in [-0.2, -0.15) is 15.0 Å². The van der Waals surface area contributed by atoms with E-state index in [1.54, 1.807) is 17.2 Å². The van der Waals surface area contributed by atoms with Crippen molar-refractivity contribution in [1.82, 2.24) is 15.0 Å². The summed E-state index contributed by atoms with van der Waals surface area (Å²) >= 11 is 0. The molecule has 1 heterocycles. The highest BCUT2D eigenvalue weighted by Crippen LogP contribution is 2.39. The lowest BCUT2D eigenvalue weighted by atomic mass is 10.1. The van der Waals surface area contributed by atoms with Crippen molar-refractivity contribution in [1.29, 1.82) is 0 Å². The molecule has 2 aromatic rings. The molecule has 3 nitrogen and oxygen atoms in total. The highest BCUT2D eigenvalue weighted by Gasteiger charge is 2.23. The van der Waals surface area contributed by atoms with Gasteiger partial charge in [0.25, 0.3) is 0 Å². The molecule has 0 amide bonds. The molecule has 0 unspecified atom stereocenters. The quantitative estimate of drug-likeness (QED) is 0.714. The minimum absolute atomic E-state index is 0.783. The number of hydrogen-bond acceptors (Lipinski definition) is 2. The maximum Gasteiger partial charge on any atom is 0.0935 e. The van der Waals surface area contributed by atoms with Gasteiger partial charge in [-0.3, -0.25) is 0 Å². The molecule has 0 bridgehead atoms. The second-order valence-electron chi connectivity index (χ2n) is 3.60. The lowest BCUT2D eigenvalue weighted by Crippen LogP contribution is -1.98. The Morgan fingerprint density at radius 1 is 1.21 bits per heavy atom. The zero-order valence-electron chi connectivity index (χ0n) is 7.72. The molecule has 69 valence electrons. The number of benzene rings is 1. The summed E-state index contributed by atoms with van der Waals surface area (Å²) in [5.41, 5.74) is 2.29. The van der Waals surface area contributed by atoms with Gasteiger partial charge in [0.2, 0.25) is 0 Å². The highest BCUT2D eigenvalue weighted by molar-refractivity contribution is 5.34. The molecule has 1 aromatic carbocycles. The third-order valence-electron chi connectivity index (χ3n) is 2.50. The molecule has 0 aliphatic heterocycles. The molecule has 1 fully saturated rings. The summed E-state index contributed by atoms with van der Waals surface area (Å²) in [4.78, 5) is 1.58. The molecule has 3 rings (SSSR count). The molecular formula is C11H10N3. The van der Waals surface area contributed by atoms with E-state index in [9.17, 15) is 0 Å². The third kappa shape index (κ3) is 1.31. The van der Waals surface area contributed by atoms with E-state index in [4.69, 9.17) is 0 Å². The van der Waals surface area contributed by atoms with Crippen LogP contribution in [-0.4, -0.2) is 15.0 Å². The minimum Gasteiger partial charge on any atom is -0.157 e. The van der Waals surface area contributed by atoms with E-state index in [1.807, 2.05) is 6.07 Å². The van der Waals surface area contributed by atoms with Crippen molar-refractivity contribution in [2.75, 3.05) is 0 Å². The van der Waals surface area contributed by atoms with Gasteiger partial charge in [-0.25, -0.2) is 0 Å². The zero-order chi connectivity index (χ0) is 9.38. The number of rotatable bonds is 2. The molecule has 1 aromatic heterocycles. The molecule has 0 atom stereocenters.